The van der Waals surface area contributed by atoms with Gasteiger partial charge in [-0.25, -0.2) is 0 Å². The lowest BCUT2D eigenvalue weighted by Gasteiger charge is -2.24. The highest BCUT2D eigenvalue weighted by Crippen LogP contribution is 2.39. The third-order valence-corrected chi connectivity index (χ3v) is 4.14. The van der Waals surface area contributed by atoms with Crippen molar-refractivity contribution in [3.63, 3.8) is 0 Å². The maximum atomic E-state index is 11.5. The Morgan fingerprint density at radius 2 is 2.35 bits per heavy atom. The molecule has 0 aromatic rings. The molecule has 1 fully saturated rings. The summed E-state index contributed by atoms with van der Waals surface area (Å²) >= 11 is 0. The molecule has 17 heavy (non-hydrogen) atoms. The maximum Gasteiger partial charge on any atom is 0.247 e. The lowest BCUT2D eigenvalue weighted by atomic mass is 9.78. The number of carbonyl (C=O) groups is 1. The molecule has 0 aromatic heterocycles. The molecule has 3 rings (SSSR count). The Bertz CT molecular complexity index is 424. The largest absolute Gasteiger partial charge is 0.366 e. The molecule has 1 saturated heterocycles. The molecule has 1 aliphatic carbocycles. The highest BCUT2D eigenvalue weighted by Gasteiger charge is 2.44. The summed E-state index contributed by atoms with van der Waals surface area (Å²) in [5, 5.41) is 3.53. The van der Waals surface area contributed by atoms with Crippen molar-refractivity contribution in [3.05, 3.63) is 23.9 Å². The smallest absolute Gasteiger partial charge is 0.247 e. The Labute approximate surface area is 101 Å². The molecule has 0 radical (unpaired) electrons. The number of hydrogen-bond donors (Lipinski definition) is 2. The Balaban J connectivity index is 1.93. The summed E-state index contributed by atoms with van der Waals surface area (Å²) in [6.07, 6.45) is 11.3. The van der Waals surface area contributed by atoms with Crippen molar-refractivity contribution in [2.45, 2.75) is 31.3 Å². The number of allylic oxidation sites excluding steroid dienone is 1. The summed E-state index contributed by atoms with van der Waals surface area (Å²) in [4.78, 5) is 15.6. The Hall–Kier alpha value is -1.42. The van der Waals surface area contributed by atoms with Crippen LogP contribution in [0.5, 0.6) is 0 Å². The molecule has 4 heteroatoms. The molecule has 2 heterocycles. The van der Waals surface area contributed by atoms with E-state index in [1.165, 1.54) is 6.42 Å². The number of nitrogens with two attached hydrogens (primary N) is 1. The number of carbonyl (C=O) groups excluding carboxylic acids is 1. The van der Waals surface area contributed by atoms with Gasteiger partial charge in [0.1, 0.15) is 0 Å². The predicted octanol–water partition coefficient (Wildman–Crippen LogP) is 0.753. The van der Waals surface area contributed by atoms with Crippen LogP contribution in [0.2, 0.25) is 0 Å². The fourth-order valence-corrected chi connectivity index (χ4v) is 3.34. The Morgan fingerprint density at radius 1 is 1.47 bits per heavy atom. The van der Waals surface area contributed by atoms with Gasteiger partial charge < -0.3 is 11.1 Å². The maximum absolute atomic E-state index is 11.5. The molecule has 0 saturated carbocycles. The Kier molecular flexibility index (Phi) is 2.59. The molecule has 2 aliphatic heterocycles. The van der Waals surface area contributed by atoms with Crippen molar-refractivity contribution >= 4 is 12.1 Å². The van der Waals surface area contributed by atoms with Gasteiger partial charge >= 0.3 is 0 Å². The minimum absolute atomic E-state index is 0.0766. The van der Waals surface area contributed by atoms with E-state index in [0.717, 1.165) is 12.8 Å². The molecule has 4 unspecified atom stereocenters. The number of nitrogens with zero attached hydrogens (tertiary/aromatic N) is 1. The molecule has 1 amide bonds. The van der Waals surface area contributed by atoms with Crippen LogP contribution in [0.25, 0.3) is 0 Å². The minimum atomic E-state index is -0.353. The van der Waals surface area contributed by atoms with E-state index >= 15 is 0 Å². The van der Waals surface area contributed by atoms with Gasteiger partial charge in [0.15, 0.2) is 0 Å². The van der Waals surface area contributed by atoms with Crippen molar-refractivity contribution < 1.29 is 4.79 Å². The lowest BCUT2D eigenvalue weighted by Crippen LogP contribution is -2.37. The summed E-state index contributed by atoms with van der Waals surface area (Å²) in [7, 11) is 0. The highest BCUT2D eigenvalue weighted by atomic mass is 16.1. The average molecular weight is 231 g/mol. The van der Waals surface area contributed by atoms with Crippen molar-refractivity contribution in [1.29, 1.82) is 0 Å². The van der Waals surface area contributed by atoms with Crippen LogP contribution in [0.15, 0.2) is 28.9 Å². The van der Waals surface area contributed by atoms with Crippen LogP contribution in [-0.2, 0) is 4.79 Å². The van der Waals surface area contributed by atoms with Crippen LogP contribution in [-0.4, -0.2) is 24.2 Å². The Morgan fingerprint density at radius 3 is 3.18 bits per heavy atom. The summed E-state index contributed by atoms with van der Waals surface area (Å²) in [5.41, 5.74) is 6.07. The molecule has 90 valence electrons. The third-order valence-electron chi connectivity index (χ3n) is 4.14. The van der Waals surface area contributed by atoms with Gasteiger partial charge in [-0.05, 0) is 31.1 Å². The monoisotopic (exact) mass is 231 g/mol. The van der Waals surface area contributed by atoms with Crippen molar-refractivity contribution in [2.24, 2.45) is 22.6 Å². The molecular formula is C13H17N3O. The van der Waals surface area contributed by atoms with E-state index < -0.39 is 0 Å². The van der Waals surface area contributed by atoms with Crippen LogP contribution in [0.3, 0.4) is 0 Å². The molecule has 0 aromatic carbocycles. The van der Waals surface area contributed by atoms with Gasteiger partial charge in [0.25, 0.3) is 0 Å². The number of hydrogen-bond acceptors (Lipinski definition) is 3. The van der Waals surface area contributed by atoms with Gasteiger partial charge in [0.05, 0.1) is 5.57 Å². The number of rotatable bonds is 1. The van der Waals surface area contributed by atoms with E-state index in [0.29, 0.717) is 23.5 Å². The standard InChI is InChI=1S/C13H17N3O/c14-13(17)10-7-15-6-5-9-8-3-1-2-4-11(8)16-12(9)10/h2,4,6-9,11-12,16H,1,3,5H2,(H2,14,17). The van der Waals surface area contributed by atoms with Crippen LogP contribution < -0.4 is 11.1 Å². The summed E-state index contributed by atoms with van der Waals surface area (Å²) in [6, 6.07) is 0.473. The second kappa shape index (κ2) is 4.11. The number of aliphatic imine (C=N–C) groups is 1. The molecule has 3 N–H and O–H groups in total. The quantitative estimate of drug-likeness (QED) is 0.654. The number of fused-ring (bicyclic) bond motifs is 3. The van der Waals surface area contributed by atoms with Gasteiger partial charge in [-0.15, -0.1) is 0 Å². The fraction of sp³-hybridized carbons (Fsp3) is 0.538. The van der Waals surface area contributed by atoms with Crippen molar-refractivity contribution in [2.75, 3.05) is 0 Å². The number of nitrogens with one attached hydrogen (secondary N) is 1. The first-order chi connectivity index (χ1) is 8.27. The topological polar surface area (TPSA) is 67.5 Å². The van der Waals surface area contributed by atoms with Crippen LogP contribution in [0, 0.1) is 11.8 Å². The third kappa shape index (κ3) is 1.72. The van der Waals surface area contributed by atoms with Crippen LogP contribution in [0.4, 0.5) is 0 Å². The van der Waals surface area contributed by atoms with Gasteiger partial charge in [0.2, 0.25) is 5.91 Å². The van der Waals surface area contributed by atoms with Gasteiger partial charge in [-0.1, -0.05) is 12.2 Å². The number of primary amides is 1. The molecule has 0 bridgehead atoms. The normalized spacial score (nSPS) is 39.2. The van der Waals surface area contributed by atoms with Crippen molar-refractivity contribution in [3.8, 4) is 0 Å². The zero-order valence-corrected chi connectivity index (χ0v) is 9.67. The first-order valence-corrected chi connectivity index (χ1v) is 6.21. The van der Waals surface area contributed by atoms with Crippen LogP contribution >= 0.6 is 0 Å². The lowest BCUT2D eigenvalue weighted by molar-refractivity contribution is -0.115. The summed E-state index contributed by atoms with van der Waals surface area (Å²) < 4.78 is 0. The second-order valence-electron chi connectivity index (χ2n) is 5.02. The highest BCUT2D eigenvalue weighted by molar-refractivity contribution is 5.93. The first kappa shape index (κ1) is 10.7. The van der Waals surface area contributed by atoms with E-state index in [2.05, 4.69) is 22.5 Å². The van der Waals surface area contributed by atoms with Gasteiger partial charge in [-0.2, -0.15) is 0 Å². The zero-order chi connectivity index (χ0) is 11.8. The summed E-state index contributed by atoms with van der Waals surface area (Å²) in [5.74, 6) is 0.710. The van der Waals surface area contributed by atoms with Crippen LogP contribution in [0.1, 0.15) is 19.3 Å². The SMILES string of the molecule is NC(=O)C1=CN=CCC2C1NC1C=CCCC12. The van der Waals surface area contributed by atoms with Crippen molar-refractivity contribution in [1.82, 2.24) is 5.32 Å². The molecule has 3 aliphatic rings. The van der Waals surface area contributed by atoms with E-state index in [4.69, 9.17) is 5.73 Å². The zero-order valence-electron chi connectivity index (χ0n) is 9.67. The van der Waals surface area contributed by atoms with E-state index in [1.54, 1.807) is 6.20 Å². The fourth-order valence-electron chi connectivity index (χ4n) is 3.34. The predicted molar refractivity (Wildman–Crippen MR) is 66.5 cm³/mol. The van der Waals surface area contributed by atoms with E-state index in [1.807, 2.05) is 6.21 Å². The molecule has 4 atom stereocenters. The minimum Gasteiger partial charge on any atom is -0.366 e. The molecule has 0 spiro atoms. The summed E-state index contributed by atoms with van der Waals surface area (Å²) in [6.45, 7) is 0. The first-order valence-electron chi connectivity index (χ1n) is 6.21. The second-order valence-corrected chi connectivity index (χ2v) is 5.02. The molecular weight excluding hydrogens is 214 g/mol. The molecule has 4 nitrogen and oxygen atoms in total. The van der Waals surface area contributed by atoms with Gasteiger partial charge in [0, 0.05) is 24.5 Å². The van der Waals surface area contributed by atoms with E-state index in [-0.39, 0.29) is 11.9 Å². The average Bonchev–Trinajstić information content (AvgIpc) is 2.54. The number of amides is 1. The van der Waals surface area contributed by atoms with E-state index in [9.17, 15) is 4.79 Å². The van der Waals surface area contributed by atoms with Gasteiger partial charge in [-0.3, -0.25) is 9.79 Å².